The fraction of sp³-hybridized carbons (Fsp3) is 0.385. The van der Waals surface area contributed by atoms with Gasteiger partial charge in [-0.2, -0.15) is 5.10 Å². The molecular formula is C13H17BrN4O3S. The van der Waals surface area contributed by atoms with Crippen molar-refractivity contribution in [3.8, 4) is 0 Å². The first-order chi connectivity index (χ1) is 10.5. The second-order valence-corrected chi connectivity index (χ2v) is 5.41. The van der Waals surface area contributed by atoms with Crippen LogP contribution in [-0.4, -0.2) is 36.0 Å². The van der Waals surface area contributed by atoms with Gasteiger partial charge in [-0.1, -0.05) is 6.07 Å². The lowest BCUT2D eigenvalue weighted by atomic mass is 10.2. The smallest absolute Gasteiger partial charge is 0.284 e. The molecule has 1 aromatic rings. The summed E-state index contributed by atoms with van der Waals surface area (Å²) >= 11 is 8.17. The summed E-state index contributed by atoms with van der Waals surface area (Å²) in [7, 11) is 0. The first-order valence-corrected chi connectivity index (χ1v) is 7.83. The average molecular weight is 389 g/mol. The zero-order valence-electron chi connectivity index (χ0n) is 12.0. The number of hydrogen-bond acceptors (Lipinski definition) is 5. The molecule has 0 fully saturated rings. The fourth-order valence-corrected chi connectivity index (χ4v) is 2.02. The zero-order chi connectivity index (χ0) is 16.4. The van der Waals surface area contributed by atoms with E-state index in [9.17, 15) is 10.1 Å². The van der Waals surface area contributed by atoms with Crippen LogP contribution < -0.4 is 10.7 Å². The van der Waals surface area contributed by atoms with Gasteiger partial charge in [0.15, 0.2) is 5.11 Å². The number of nitro groups is 1. The topological polar surface area (TPSA) is 88.8 Å². The highest BCUT2D eigenvalue weighted by atomic mass is 79.9. The van der Waals surface area contributed by atoms with Crippen LogP contribution in [0, 0.1) is 10.1 Å². The van der Waals surface area contributed by atoms with Crippen LogP contribution in [0.25, 0.3) is 0 Å². The van der Waals surface area contributed by atoms with E-state index in [2.05, 4.69) is 31.8 Å². The number of nitrogens with zero attached hydrogens (tertiary/aromatic N) is 2. The Hall–Kier alpha value is -1.58. The summed E-state index contributed by atoms with van der Waals surface area (Å²) in [6.45, 7) is 4.01. The molecule has 7 nitrogen and oxygen atoms in total. The highest BCUT2D eigenvalue weighted by Crippen LogP contribution is 2.24. The Morgan fingerprint density at radius 1 is 1.59 bits per heavy atom. The molecule has 0 aromatic heterocycles. The maximum atomic E-state index is 10.8. The van der Waals surface area contributed by atoms with E-state index in [1.807, 2.05) is 6.92 Å². The van der Waals surface area contributed by atoms with Gasteiger partial charge in [-0.15, -0.1) is 0 Å². The Morgan fingerprint density at radius 2 is 2.36 bits per heavy atom. The first kappa shape index (κ1) is 18.5. The van der Waals surface area contributed by atoms with E-state index < -0.39 is 4.92 Å². The molecule has 0 spiro atoms. The molecule has 0 atom stereocenters. The summed E-state index contributed by atoms with van der Waals surface area (Å²) in [5.74, 6) is 0. The number of hydrogen-bond donors (Lipinski definition) is 2. The van der Waals surface area contributed by atoms with E-state index in [4.69, 9.17) is 17.0 Å². The summed E-state index contributed by atoms with van der Waals surface area (Å²) < 4.78 is 5.63. The summed E-state index contributed by atoms with van der Waals surface area (Å²) in [6.07, 6.45) is 2.31. The monoisotopic (exact) mass is 388 g/mol. The van der Waals surface area contributed by atoms with Gasteiger partial charge in [0.25, 0.3) is 5.69 Å². The minimum Gasteiger partial charge on any atom is -0.382 e. The van der Waals surface area contributed by atoms with Gasteiger partial charge in [-0.25, -0.2) is 0 Å². The number of nitrogens with one attached hydrogen (secondary N) is 2. The zero-order valence-corrected chi connectivity index (χ0v) is 14.4. The predicted molar refractivity (Wildman–Crippen MR) is 93.2 cm³/mol. The molecule has 0 unspecified atom stereocenters. The van der Waals surface area contributed by atoms with Crippen LogP contribution in [0.1, 0.15) is 18.9 Å². The highest BCUT2D eigenvalue weighted by Gasteiger charge is 2.11. The van der Waals surface area contributed by atoms with Crippen LogP contribution >= 0.6 is 28.1 Å². The summed E-state index contributed by atoms with van der Waals surface area (Å²) in [5.41, 5.74) is 3.24. The fourth-order valence-electron chi connectivity index (χ4n) is 1.48. The minimum atomic E-state index is -0.459. The van der Waals surface area contributed by atoms with Crippen molar-refractivity contribution in [2.75, 3.05) is 19.8 Å². The predicted octanol–water partition coefficient (Wildman–Crippen LogP) is 2.58. The standard InChI is InChI=1S/C13H17BrN4O3S/c1-2-21-7-3-6-15-13(22)17-16-9-10-4-5-11(14)12(8-10)18(19)20/h4-5,8-9H,2-3,6-7H2,1H3,(H2,15,17,22)/b16-9-. The van der Waals surface area contributed by atoms with Gasteiger partial charge >= 0.3 is 0 Å². The van der Waals surface area contributed by atoms with Crippen LogP contribution in [0.4, 0.5) is 5.69 Å². The van der Waals surface area contributed by atoms with Crippen molar-refractivity contribution < 1.29 is 9.66 Å². The van der Waals surface area contributed by atoms with Crippen molar-refractivity contribution in [1.29, 1.82) is 0 Å². The Bertz CT molecular complexity index is 554. The molecule has 1 rings (SSSR count). The minimum absolute atomic E-state index is 0.0134. The van der Waals surface area contributed by atoms with Crippen LogP contribution in [0.15, 0.2) is 27.8 Å². The molecular weight excluding hydrogens is 372 g/mol. The Morgan fingerprint density at radius 3 is 3.05 bits per heavy atom. The molecule has 0 heterocycles. The largest absolute Gasteiger partial charge is 0.382 e. The molecule has 22 heavy (non-hydrogen) atoms. The van der Waals surface area contributed by atoms with Gasteiger partial charge in [-0.3, -0.25) is 15.5 Å². The molecule has 2 N–H and O–H groups in total. The molecule has 1 aromatic carbocycles. The van der Waals surface area contributed by atoms with Gasteiger partial charge in [0, 0.05) is 31.4 Å². The van der Waals surface area contributed by atoms with Crippen LogP contribution in [0.3, 0.4) is 0 Å². The molecule has 0 bridgehead atoms. The maximum absolute atomic E-state index is 10.8. The molecule has 0 aliphatic heterocycles. The molecule has 0 aliphatic carbocycles. The van der Waals surface area contributed by atoms with E-state index in [0.717, 1.165) is 6.42 Å². The molecule has 0 radical (unpaired) electrons. The third-order valence-electron chi connectivity index (χ3n) is 2.50. The van der Waals surface area contributed by atoms with E-state index in [0.29, 0.717) is 34.9 Å². The number of nitro benzene ring substituents is 1. The average Bonchev–Trinajstić information content (AvgIpc) is 2.48. The quantitative estimate of drug-likeness (QED) is 0.234. The second kappa shape index (κ2) is 10.2. The second-order valence-electron chi connectivity index (χ2n) is 4.14. The Balaban J connectivity index is 2.40. The van der Waals surface area contributed by atoms with Crippen molar-refractivity contribution in [2.24, 2.45) is 5.10 Å². The van der Waals surface area contributed by atoms with Crippen molar-refractivity contribution in [1.82, 2.24) is 10.7 Å². The Labute approximate surface area is 142 Å². The molecule has 120 valence electrons. The highest BCUT2D eigenvalue weighted by molar-refractivity contribution is 9.10. The van der Waals surface area contributed by atoms with Crippen molar-refractivity contribution in [3.05, 3.63) is 38.3 Å². The molecule has 9 heteroatoms. The van der Waals surface area contributed by atoms with Gasteiger partial charge < -0.3 is 10.1 Å². The third-order valence-corrected chi connectivity index (χ3v) is 3.41. The molecule has 0 aliphatic rings. The SMILES string of the molecule is CCOCCCNC(=S)N/N=C\c1ccc(Br)c([N+](=O)[O-])c1. The number of halogens is 1. The molecule has 0 saturated heterocycles. The third kappa shape index (κ3) is 6.92. The van der Waals surface area contributed by atoms with E-state index in [1.54, 1.807) is 12.1 Å². The summed E-state index contributed by atoms with van der Waals surface area (Å²) in [5, 5.41) is 18.1. The van der Waals surface area contributed by atoms with Crippen LogP contribution in [0.5, 0.6) is 0 Å². The molecule has 0 amide bonds. The first-order valence-electron chi connectivity index (χ1n) is 6.63. The number of hydrazone groups is 1. The van der Waals surface area contributed by atoms with Gasteiger partial charge in [0.1, 0.15) is 0 Å². The number of benzene rings is 1. The van der Waals surface area contributed by atoms with E-state index in [1.165, 1.54) is 12.3 Å². The maximum Gasteiger partial charge on any atom is 0.284 e. The lowest BCUT2D eigenvalue weighted by Gasteiger charge is -2.06. The lowest BCUT2D eigenvalue weighted by molar-refractivity contribution is -0.385. The van der Waals surface area contributed by atoms with Crippen molar-refractivity contribution in [2.45, 2.75) is 13.3 Å². The van der Waals surface area contributed by atoms with Gasteiger partial charge in [0.05, 0.1) is 15.6 Å². The molecule has 0 saturated carbocycles. The number of ether oxygens (including phenoxy) is 1. The summed E-state index contributed by atoms with van der Waals surface area (Å²) in [4.78, 5) is 10.4. The van der Waals surface area contributed by atoms with Crippen molar-refractivity contribution in [3.63, 3.8) is 0 Å². The Kier molecular flexibility index (Phi) is 8.56. The van der Waals surface area contributed by atoms with Crippen LogP contribution in [-0.2, 0) is 4.74 Å². The van der Waals surface area contributed by atoms with Crippen molar-refractivity contribution >= 4 is 45.2 Å². The van der Waals surface area contributed by atoms with E-state index in [-0.39, 0.29) is 5.69 Å². The van der Waals surface area contributed by atoms with E-state index >= 15 is 0 Å². The van der Waals surface area contributed by atoms with Gasteiger partial charge in [-0.05, 0) is 47.6 Å². The van der Waals surface area contributed by atoms with Crippen LogP contribution in [0.2, 0.25) is 0 Å². The van der Waals surface area contributed by atoms with Gasteiger partial charge in [0.2, 0.25) is 0 Å². The number of rotatable bonds is 8. The number of thiocarbonyl (C=S) groups is 1. The lowest BCUT2D eigenvalue weighted by Crippen LogP contribution is -2.33. The summed E-state index contributed by atoms with van der Waals surface area (Å²) in [6, 6.07) is 4.73. The normalized spacial score (nSPS) is 10.6.